The highest BCUT2D eigenvalue weighted by atomic mass is 16.5. The minimum atomic E-state index is 0.0465. The van der Waals surface area contributed by atoms with Gasteiger partial charge in [0, 0.05) is 51.4 Å². The topological polar surface area (TPSA) is 84.0 Å². The molecule has 1 atom stereocenters. The van der Waals surface area contributed by atoms with Crippen molar-refractivity contribution in [1.82, 2.24) is 10.6 Å². The minimum Gasteiger partial charge on any atom is -0.381 e. The lowest BCUT2D eigenvalue weighted by atomic mass is 10.1. The van der Waals surface area contributed by atoms with Gasteiger partial charge in [-0.25, -0.2) is 0 Å². The minimum absolute atomic E-state index is 0.0465. The van der Waals surface area contributed by atoms with Gasteiger partial charge in [0.05, 0.1) is 13.2 Å². The first-order chi connectivity index (χ1) is 14.1. The van der Waals surface area contributed by atoms with Gasteiger partial charge < -0.3 is 25.4 Å². The van der Waals surface area contributed by atoms with E-state index in [9.17, 15) is 4.79 Å². The van der Waals surface area contributed by atoms with E-state index < -0.39 is 0 Å². The van der Waals surface area contributed by atoms with Gasteiger partial charge in [-0.05, 0) is 36.5 Å². The third-order valence-electron chi connectivity index (χ3n) is 4.62. The number of guanidine groups is 1. The number of ether oxygens (including phenoxy) is 2. The maximum Gasteiger partial charge on any atom is 0.224 e. The first-order valence-electron chi connectivity index (χ1n) is 10.6. The monoisotopic (exact) mass is 404 g/mol. The van der Waals surface area contributed by atoms with Crippen molar-refractivity contribution in [3.05, 3.63) is 29.8 Å². The molecular formula is C22H36N4O3. The lowest BCUT2D eigenvalue weighted by Crippen LogP contribution is -2.37. The molecule has 3 N–H and O–H groups in total. The SMILES string of the molecule is CN=C(NCCCOCC1CCOC1)NCc1cccc(NC(=O)CC(C)C)c1. The third kappa shape index (κ3) is 9.76. The molecule has 0 saturated carbocycles. The number of carbonyl (C=O) groups excluding carboxylic acids is 1. The molecule has 2 rings (SSSR count). The van der Waals surface area contributed by atoms with Crippen LogP contribution in [0.15, 0.2) is 29.3 Å². The summed E-state index contributed by atoms with van der Waals surface area (Å²) in [5.41, 5.74) is 1.90. The van der Waals surface area contributed by atoms with Crippen LogP contribution < -0.4 is 16.0 Å². The Morgan fingerprint density at radius 3 is 2.93 bits per heavy atom. The molecule has 1 unspecified atom stereocenters. The Balaban J connectivity index is 1.63. The quantitative estimate of drug-likeness (QED) is 0.300. The molecule has 1 heterocycles. The number of aliphatic imine (C=N–C) groups is 1. The van der Waals surface area contributed by atoms with E-state index in [1.807, 2.05) is 38.1 Å². The Bertz CT molecular complexity index is 643. The van der Waals surface area contributed by atoms with Crippen LogP contribution in [0.5, 0.6) is 0 Å². The lowest BCUT2D eigenvalue weighted by Gasteiger charge is -2.13. The highest BCUT2D eigenvalue weighted by Crippen LogP contribution is 2.13. The zero-order chi connectivity index (χ0) is 20.9. The number of amides is 1. The Labute approximate surface area is 174 Å². The number of hydrogen-bond donors (Lipinski definition) is 3. The molecule has 0 aromatic heterocycles. The first kappa shape index (κ1) is 23.2. The van der Waals surface area contributed by atoms with Crippen LogP contribution in [0.4, 0.5) is 5.69 Å². The predicted octanol–water partition coefficient (Wildman–Crippen LogP) is 2.78. The van der Waals surface area contributed by atoms with Gasteiger partial charge in [-0.3, -0.25) is 9.79 Å². The van der Waals surface area contributed by atoms with Crippen molar-refractivity contribution in [2.24, 2.45) is 16.8 Å². The Morgan fingerprint density at radius 2 is 2.21 bits per heavy atom. The number of carbonyl (C=O) groups is 1. The van der Waals surface area contributed by atoms with Gasteiger partial charge in [0.15, 0.2) is 5.96 Å². The van der Waals surface area contributed by atoms with Gasteiger partial charge in [0.25, 0.3) is 0 Å². The van der Waals surface area contributed by atoms with Crippen LogP contribution in [0.2, 0.25) is 0 Å². The smallest absolute Gasteiger partial charge is 0.224 e. The van der Waals surface area contributed by atoms with E-state index in [2.05, 4.69) is 20.9 Å². The summed E-state index contributed by atoms with van der Waals surface area (Å²) < 4.78 is 11.1. The molecular weight excluding hydrogens is 368 g/mol. The molecule has 162 valence electrons. The zero-order valence-electron chi connectivity index (χ0n) is 18.0. The Kier molecular flexibility index (Phi) is 10.5. The number of hydrogen-bond acceptors (Lipinski definition) is 4. The summed E-state index contributed by atoms with van der Waals surface area (Å²) in [4.78, 5) is 16.2. The van der Waals surface area contributed by atoms with Gasteiger partial charge in [-0.2, -0.15) is 0 Å². The van der Waals surface area contributed by atoms with E-state index >= 15 is 0 Å². The van der Waals surface area contributed by atoms with Gasteiger partial charge in [-0.1, -0.05) is 26.0 Å². The van der Waals surface area contributed by atoms with E-state index in [0.717, 1.165) is 63.0 Å². The Morgan fingerprint density at radius 1 is 1.34 bits per heavy atom. The van der Waals surface area contributed by atoms with Crippen LogP contribution in [0, 0.1) is 11.8 Å². The summed E-state index contributed by atoms with van der Waals surface area (Å²) in [6, 6.07) is 7.87. The van der Waals surface area contributed by atoms with E-state index in [0.29, 0.717) is 24.8 Å². The third-order valence-corrected chi connectivity index (χ3v) is 4.62. The molecule has 1 aliphatic rings. The average molecular weight is 405 g/mol. The second kappa shape index (κ2) is 13.2. The molecule has 29 heavy (non-hydrogen) atoms. The Hall–Kier alpha value is -2.12. The van der Waals surface area contributed by atoms with E-state index in [1.165, 1.54) is 0 Å². The lowest BCUT2D eigenvalue weighted by molar-refractivity contribution is -0.116. The standard InChI is InChI=1S/C22H36N4O3/c1-17(2)12-21(27)26-20-7-4-6-18(13-20)14-25-22(23-3)24-9-5-10-28-15-19-8-11-29-16-19/h4,6-7,13,17,19H,5,8-12,14-16H2,1-3H3,(H,26,27)(H2,23,24,25). The van der Waals surface area contributed by atoms with E-state index in [-0.39, 0.29) is 5.91 Å². The van der Waals surface area contributed by atoms with Crippen LogP contribution in [-0.2, 0) is 20.8 Å². The molecule has 1 saturated heterocycles. The summed E-state index contributed by atoms with van der Waals surface area (Å²) in [7, 11) is 1.76. The number of anilines is 1. The summed E-state index contributed by atoms with van der Waals surface area (Å²) in [6.07, 6.45) is 2.56. The highest BCUT2D eigenvalue weighted by molar-refractivity contribution is 5.90. The van der Waals surface area contributed by atoms with Crippen molar-refractivity contribution in [1.29, 1.82) is 0 Å². The van der Waals surface area contributed by atoms with Crippen molar-refractivity contribution in [3.8, 4) is 0 Å². The summed E-state index contributed by atoms with van der Waals surface area (Å²) in [6.45, 7) is 8.72. The van der Waals surface area contributed by atoms with Crippen molar-refractivity contribution in [2.45, 2.75) is 39.7 Å². The van der Waals surface area contributed by atoms with Crippen LogP contribution >= 0.6 is 0 Å². The van der Waals surface area contributed by atoms with Gasteiger partial charge in [0.1, 0.15) is 0 Å². The van der Waals surface area contributed by atoms with Crippen LogP contribution in [0.25, 0.3) is 0 Å². The molecule has 0 aliphatic carbocycles. The van der Waals surface area contributed by atoms with Crippen LogP contribution in [0.1, 0.15) is 38.7 Å². The van der Waals surface area contributed by atoms with Crippen molar-refractivity contribution < 1.29 is 14.3 Å². The largest absolute Gasteiger partial charge is 0.381 e. The summed E-state index contributed by atoms with van der Waals surface area (Å²) in [5.74, 6) is 1.70. The maximum absolute atomic E-state index is 11.9. The van der Waals surface area contributed by atoms with Gasteiger partial charge >= 0.3 is 0 Å². The van der Waals surface area contributed by atoms with Gasteiger partial charge in [0.2, 0.25) is 5.91 Å². The second-order valence-electron chi connectivity index (χ2n) is 7.86. The van der Waals surface area contributed by atoms with Crippen molar-refractivity contribution in [2.75, 3.05) is 45.3 Å². The molecule has 0 bridgehead atoms. The molecule has 1 aromatic rings. The molecule has 1 amide bonds. The molecule has 0 radical (unpaired) electrons. The van der Waals surface area contributed by atoms with Crippen molar-refractivity contribution in [3.63, 3.8) is 0 Å². The number of nitrogens with one attached hydrogen (secondary N) is 3. The second-order valence-corrected chi connectivity index (χ2v) is 7.86. The maximum atomic E-state index is 11.9. The summed E-state index contributed by atoms with van der Waals surface area (Å²) >= 11 is 0. The highest BCUT2D eigenvalue weighted by Gasteiger charge is 2.15. The first-order valence-corrected chi connectivity index (χ1v) is 10.6. The van der Waals surface area contributed by atoms with Crippen LogP contribution in [-0.4, -0.2) is 51.9 Å². The molecule has 7 nitrogen and oxygen atoms in total. The molecule has 1 aliphatic heterocycles. The van der Waals surface area contributed by atoms with Gasteiger partial charge in [-0.15, -0.1) is 0 Å². The number of nitrogens with zero attached hydrogens (tertiary/aromatic N) is 1. The van der Waals surface area contributed by atoms with Crippen molar-refractivity contribution >= 4 is 17.6 Å². The number of rotatable bonds is 11. The molecule has 1 aromatic carbocycles. The zero-order valence-corrected chi connectivity index (χ0v) is 18.0. The fourth-order valence-electron chi connectivity index (χ4n) is 3.09. The van der Waals surface area contributed by atoms with Crippen LogP contribution in [0.3, 0.4) is 0 Å². The summed E-state index contributed by atoms with van der Waals surface area (Å²) in [5, 5.41) is 9.56. The molecule has 7 heteroatoms. The fourth-order valence-corrected chi connectivity index (χ4v) is 3.09. The average Bonchev–Trinajstić information content (AvgIpc) is 3.20. The fraction of sp³-hybridized carbons (Fsp3) is 0.636. The van der Waals surface area contributed by atoms with E-state index in [4.69, 9.17) is 9.47 Å². The number of benzene rings is 1. The predicted molar refractivity (Wildman–Crippen MR) is 117 cm³/mol. The molecule has 0 spiro atoms. The molecule has 1 fully saturated rings. The normalized spacial score (nSPS) is 16.8. The van der Waals surface area contributed by atoms with E-state index in [1.54, 1.807) is 7.05 Å².